The maximum absolute atomic E-state index is 14.0. The number of rotatable bonds is 8. The van der Waals surface area contributed by atoms with Crippen molar-refractivity contribution in [1.29, 1.82) is 0 Å². The maximum atomic E-state index is 14.0. The first-order valence-electron chi connectivity index (χ1n) is 9.25. The van der Waals surface area contributed by atoms with Crippen molar-refractivity contribution in [3.05, 3.63) is 75.7 Å². The van der Waals surface area contributed by atoms with Crippen LogP contribution in [0, 0.1) is 11.6 Å². The molecule has 168 valence electrons. The van der Waals surface area contributed by atoms with E-state index in [0.717, 1.165) is 22.9 Å². The van der Waals surface area contributed by atoms with Crippen molar-refractivity contribution in [3.63, 3.8) is 0 Å². The summed E-state index contributed by atoms with van der Waals surface area (Å²) < 4.78 is 38.3. The van der Waals surface area contributed by atoms with Crippen molar-refractivity contribution >= 4 is 11.9 Å². The van der Waals surface area contributed by atoms with E-state index in [1.165, 1.54) is 20.3 Å². The number of carbonyl (C=O) groups excluding carboxylic acids is 1. The molecule has 1 aromatic heterocycles. The number of ether oxygens (including phenoxy) is 2. The minimum atomic E-state index is -1.19. The van der Waals surface area contributed by atoms with Gasteiger partial charge in [-0.1, -0.05) is 0 Å². The van der Waals surface area contributed by atoms with E-state index in [1.54, 1.807) is 12.1 Å². The third kappa shape index (κ3) is 4.77. The van der Waals surface area contributed by atoms with Crippen LogP contribution in [0.3, 0.4) is 0 Å². The lowest BCUT2D eigenvalue weighted by Gasteiger charge is -2.20. The second-order valence-corrected chi connectivity index (χ2v) is 6.67. The molecule has 0 aliphatic carbocycles. The van der Waals surface area contributed by atoms with Gasteiger partial charge in [-0.2, -0.15) is 0 Å². The number of carboxylic acid groups (broad SMARTS) is 1. The lowest BCUT2D eigenvalue weighted by Crippen LogP contribution is -2.31. The third-order valence-corrected chi connectivity index (χ3v) is 4.62. The number of nitrogens with one attached hydrogen (secondary N) is 2. The molecule has 1 unspecified atom stereocenters. The SMILES string of the molecule is COc1ccc(C(CC(=O)O)NC(=O)c2cc(=O)n(-c3ccc(F)cc3F)[nH]2)c(OC)c1. The Kier molecular flexibility index (Phi) is 6.57. The molecule has 0 aliphatic rings. The van der Waals surface area contributed by atoms with Gasteiger partial charge in [0.2, 0.25) is 0 Å². The molecule has 0 saturated carbocycles. The average molecular weight is 447 g/mol. The number of aromatic amines is 1. The summed E-state index contributed by atoms with van der Waals surface area (Å²) in [5.74, 6) is -3.08. The Balaban J connectivity index is 1.93. The Labute approximate surface area is 180 Å². The van der Waals surface area contributed by atoms with Crippen LogP contribution in [0.15, 0.2) is 47.3 Å². The average Bonchev–Trinajstić information content (AvgIpc) is 3.14. The molecule has 1 heterocycles. The molecule has 1 amide bonds. The zero-order valence-corrected chi connectivity index (χ0v) is 17.0. The number of carbonyl (C=O) groups is 2. The summed E-state index contributed by atoms with van der Waals surface area (Å²) in [7, 11) is 2.84. The van der Waals surface area contributed by atoms with Crippen LogP contribution in [0.25, 0.3) is 5.69 Å². The number of halogens is 2. The number of aromatic nitrogens is 2. The number of aliphatic carboxylic acids is 1. The molecule has 3 N–H and O–H groups in total. The van der Waals surface area contributed by atoms with E-state index in [4.69, 9.17) is 9.47 Å². The second-order valence-electron chi connectivity index (χ2n) is 6.67. The Morgan fingerprint density at radius 3 is 2.50 bits per heavy atom. The topological polar surface area (TPSA) is 123 Å². The van der Waals surface area contributed by atoms with Crippen molar-refractivity contribution in [2.45, 2.75) is 12.5 Å². The summed E-state index contributed by atoms with van der Waals surface area (Å²) in [4.78, 5) is 36.4. The molecule has 32 heavy (non-hydrogen) atoms. The van der Waals surface area contributed by atoms with Gasteiger partial charge in [0.15, 0.2) is 5.82 Å². The van der Waals surface area contributed by atoms with Crippen molar-refractivity contribution in [2.75, 3.05) is 14.2 Å². The Hall–Kier alpha value is -4.15. The normalized spacial score (nSPS) is 11.6. The van der Waals surface area contributed by atoms with E-state index in [2.05, 4.69) is 10.4 Å². The highest BCUT2D eigenvalue weighted by atomic mass is 19.1. The predicted octanol–water partition coefficient (Wildman–Crippen LogP) is 2.41. The Bertz CT molecular complexity index is 1220. The van der Waals surface area contributed by atoms with Gasteiger partial charge in [0.1, 0.15) is 28.7 Å². The molecule has 3 rings (SSSR count). The number of H-pyrrole nitrogens is 1. The smallest absolute Gasteiger partial charge is 0.305 e. The summed E-state index contributed by atoms with van der Waals surface area (Å²) >= 11 is 0. The molecular formula is C21H19F2N3O6. The summed E-state index contributed by atoms with van der Waals surface area (Å²) in [5, 5.41) is 14.3. The van der Waals surface area contributed by atoms with Crippen LogP contribution < -0.4 is 20.3 Å². The van der Waals surface area contributed by atoms with Crippen LogP contribution in [0.4, 0.5) is 8.78 Å². The molecule has 1 atom stereocenters. The van der Waals surface area contributed by atoms with Crippen molar-refractivity contribution in [2.24, 2.45) is 0 Å². The number of hydrogen-bond acceptors (Lipinski definition) is 5. The minimum absolute atomic E-state index is 0.249. The first-order chi connectivity index (χ1) is 15.2. The van der Waals surface area contributed by atoms with Crippen LogP contribution in [0.5, 0.6) is 11.5 Å². The Morgan fingerprint density at radius 1 is 1.12 bits per heavy atom. The molecule has 0 spiro atoms. The van der Waals surface area contributed by atoms with Gasteiger partial charge in [0.25, 0.3) is 11.5 Å². The summed E-state index contributed by atoms with van der Waals surface area (Å²) in [5.41, 5.74) is -0.927. The van der Waals surface area contributed by atoms with Gasteiger partial charge >= 0.3 is 5.97 Å². The largest absolute Gasteiger partial charge is 0.497 e. The second kappa shape index (κ2) is 9.33. The highest BCUT2D eigenvalue weighted by molar-refractivity contribution is 5.92. The highest BCUT2D eigenvalue weighted by Gasteiger charge is 2.24. The molecule has 3 aromatic rings. The predicted molar refractivity (Wildman–Crippen MR) is 108 cm³/mol. The van der Waals surface area contributed by atoms with E-state index in [9.17, 15) is 28.3 Å². The van der Waals surface area contributed by atoms with E-state index < -0.39 is 41.5 Å². The molecule has 0 bridgehead atoms. The van der Waals surface area contributed by atoms with E-state index >= 15 is 0 Å². The van der Waals surface area contributed by atoms with Crippen molar-refractivity contribution in [3.8, 4) is 17.2 Å². The van der Waals surface area contributed by atoms with Gasteiger partial charge in [0, 0.05) is 23.8 Å². The summed E-state index contributed by atoms with van der Waals surface area (Å²) in [6, 6.07) is 7.16. The lowest BCUT2D eigenvalue weighted by atomic mass is 10.0. The lowest BCUT2D eigenvalue weighted by molar-refractivity contribution is -0.137. The molecular weight excluding hydrogens is 428 g/mol. The first-order valence-corrected chi connectivity index (χ1v) is 9.25. The van der Waals surface area contributed by atoms with E-state index in [0.29, 0.717) is 17.4 Å². The van der Waals surface area contributed by atoms with Crippen LogP contribution in [0.1, 0.15) is 28.5 Å². The molecule has 0 aliphatic heterocycles. The molecule has 0 saturated heterocycles. The van der Waals surface area contributed by atoms with E-state index in [-0.39, 0.29) is 17.1 Å². The maximum Gasteiger partial charge on any atom is 0.305 e. The van der Waals surface area contributed by atoms with Gasteiger partial charge in [-0.25, -0.2) is 13.5 Å². The molecule has 0 fully saturated rings. The monoisotopic (exact) mass is 447 g/mol. The zero-order chi connectivity index (χ0) is 23.4. The minimum Gasteiger partial charge on any atom is -0.497 e. The fraction of sp³-hybridized carbons (Fsp3) is 0.190. The third-order valence-electron chi connectivity index (χ3n) is 4.62. The summed E-state index contributed by atoms with van der Waals surface area (Å²) in [6.07, 6.45) is -0.480. The van der Waals surface area contributed by atoms with Crippen LogP contribution in [-0.4, -0.2) is 41.0 Å². The number of amides is 1. The van der Waals surface area contributed by atoms with Crippen molar-refractivity contribution in [1.82, 2.24) is 15.1 Å². The van der Waals surface area contributed by atoms with Gasteiger partial charge < -0.3 is 19.9 Å². The Morgan fingerprint density at radius 2 is 1.88 bits per heavy atom. The number of nitrogens with zero attached hydrogens (tertiary/aromatic N) is 1. The number of carboxylic acids is 1. The van der Waals surface area contributed by atoms with Gasteiger partial charge in [-0.05, 0) is 24.3 Å². The molecule has 9 nitrogen and oxygen atoms in total. The van der Waals surface area contributed by atoms with Crippen LogP contribution in [-0.2, 0) is 4.79 Å². The van der Waals surface area contributed by atoms with Crippen LogP contribution in [0.2, 0.25) is 0 Å². The van der Waals surface area contributed by atoms with Gasteiger partial charge in [-0.3, -0.25) is 19.5 Å². The first kappa shape index (κ1) is 22.5. The zero-order valence-electron chi connectivity index (χ0n) is 17.0. The molecule has 2 aromatic carbocycles. The number of hydrogen-bond donors (Lipinski definition) is 3. The molecule has 0 radical (unpaired) electrons. The highest BCUT2D eigenvalue weighted by Crippen LogP contribution is 2.31. The standard InChI is InChI=1S/C21H19F2N3O6/c1-31-12-4-5-13(18(8-12)32-2)15(10-20(28)29)24-21(30)16-9-19(27)26(25-16)17-6-3-11(22)7-14(17)23/h3-9,15,25H,10H2,1-2H3,(H,24,30)(H,28,29). The van der Waals surface area contributed by atoms with E-state index in [1.807, 2.05) is 0 Å². The number of benzene rings is 2. The fourth-order valence-corrected chi connectivity index (χ4v) is 3.11. The van der Waals surface area contributed by atoms with Gasteiger partial charge in [0.05, 0.1) is 26.7 Å². The quantitative estimate of drug-likeness (QED) is 0.487. The van der Waals surface area contributed by atoms with Crippen molar-refractivity contribution < 1.29 is 33.0 Å². The number of methoxy groups -OCH3 is 2. The van der Waals surface area contributed by atoms with Gasteiger partial charge in [-0.15, -0.1) is 0 Å². The summed E-state index contributed by atoms with van der Waals surface area (Å²) in [6.45, 7) is 0. The van der Waals surface area contributed by atoms with Crippen LogP contribution >= 0.6 is 0 Å². The fourth-order valence-electron chi connectivity index (χ4n) is 3.11. The molecule has 11 heteroatoms.